The molecule has 0 radical (unpaired) electrons. The second-order valence-electron chi connectivity index (χ2n) is 3.67. The molecule has 0 fully saturated rings. The van der Waals surface area contributed by atoms with Crippen LogP contribution in [0.1, 0.15) is 22.1 Å². The first-order valence-electron chi connectivity index (χ1n) is 4.87. The van der Waals surface area contributed by atoms with Gasteiger partial charge in [-0.2, -0.15) is 0 Å². The molecule has 0 aliphatic rings. The van der Waals surface area contributed by atoms with Crippen LogP contribution in [0.15, 0.2) is 23.6 Å². The molecule has 0 aliphatic carbocycles. The van der Waals surface area contributed by atoms with Crippen molar-refractivity contribution < 1.29 is 13.9 Å². The second kappa shape index (κ2) is 4.72. The van der Waals surface area contributed by atoms with Crippen molar-refractivity contribution >= 4 is 22.9 Å². The van der Waals surface area contributed by atoms with Crippen LogP contribution in [0.2, 0.25) is 5.02 Å². The van der Waals surface area contributed by atoms with Gasteiger partial charge in [0, 0.05) is 0 Å². The van der Waals surface area contributed by atoms with Gasteiger partial charge >= 0.3 is 0 Å². The van der Waals surface area contributed by atoms with Gasteiger partial charge in [-0.05, 0) is 35.6 Å². The van der Waals surface area contributed by atoms with Gasteiger partial charge in [-0.1, -0.05) is 17.7 Å². The van der Waals surface area contributed by atoms with Crippen LogP contribution in [0.5, 0.6) is 0 Å². The Kier molecular flexibility index (Phi) is 3.47. The van der Waals surface area contributed by atoms with Gasteiger partial charge in [0.25, 0.3) is 0 Å². The molecule has 5 heteroatoms. The quantitative estimate of drug-likeness (QED) is 0.875. The summed E-state index contributed by atoms with van der Waals surface area (Å²) in [6.07, 6.45) is -1.03. The Balaban J connectivity index is 2.40. The fourth-order valence-electron chi connectivity index (χ4n) is 1.47. The van der Waals surface area contributed by atoms with E-state index in [4.69, 9.17) is 11.6 Å². The third-order valence-corrected chi connectivity index (χ3v) is 4.20. The van der Waals surface area contributed by atoms with E-state index >= 15 is 0 Å². The maximum atomic E-state index is 13.0. The van der Waals surface area contributed by atoms with Crippen LogP contribution in [0, 0.1) is 18.6 Å². The molecule has 1 aromatic heterocycles. The molecule has 1 N–H and O–H groups in total. The molecule has 0 spiro atoms. The lowest BCUT2D eigenvalue weighted by Gasteiger charge is -2.10. The Morgan fingerprint density at radius 1 is 1.29 bits per heavy atom. The lowest BCUT2D eigenvalue weighted by molar-refractivity contribution is 0.223. The van der Waals surface area contributed by atoms with Crippen molar-refractivity contribution in [3.05, 3.63) is 56.2 Å². The summed E-state index contributed by atoms with van der Waals surface area (Å²) in [6, 6.07) is 3.31. The smallest absolute Gasteiger partial charge is 0.159 e. The average molecular weight is 275 g/mol. The summed E-state index contributed by atoms with van der Waals surface area (Å²) in [6.45, 7) is 1.82. The number of hydrogen-bond donors (Lipinski definition) is 1. The van der Waals surface area contributed by atoms with E-state index in [0.717, 1.165) is 17.7 Å². The molecule has 1 unspecified atom stereocenters. The molecule has 2 aromatic rings. The molecule has 0 amide bonds. The highest BCUT2D eigenvalue weighted by Gasteiger charge is 2.18. The van der Waals surface area contributed by atoms with Gasteiger partial charge in [0.15, 0.2) is 11.6 Å². The Bertz CT molecular complexity index is 553. The van der Waals surface area contributed by atoms with E-state index in [1.165, 1.54) is 17.4 Å². The van der Waals surface area contributed by atoms with Crippen molar-refractivity contribution in [3.63, 3.8) is 0 Å². The normalized spacial score (nSPS) is 12.8. The molecule has 90 valence electrons. The first-order valence-corrected chi connectivity index (χ1v) is 6.13. The molecule has 2 rings (SSSR count). The third kappa shape index (κ3) is 2.34. The lowest BCUT2D eigenvalue weighted by Crippen LogP contribution is -1.99. The molecular weight excluding hydrogens is 266 g/mol. The van der Waals surface area contributed by atoms with Crippen molar-refractivity contribution in [1.29, 1.82) is 0 Å². The Morgan fingerprint density at radius 2 is 2.00 bits per heavy atom. The van der Waals surface area contributed by atoms with Gasteiger partial charge in [0.1, 0.15) is 6.10 Å². The van der Waals surface area contributed by atoms with Gasteiger partial charge in [-0.25, -0.2) is 8.78 Å². The largest absolute Gasteiger partial charge is 0.383 e. The van der Waals surface area contributed by atoms with Crippen LogP contribution in [0.3, 0.4) is 0 Å². The van der Waals surface area contributed by atoms with Gasteiger partial charge < -0.3 is 5.11 Å². The number of thiophene rings is 1. The lowest BCUT2D eigenvalue weighted by atomic mass is 10.1. The predicted octanol–water partition coefficient (Wildman–Crippen LogP) is 4.07. The molecule has 0 bridgehead atoms. The number of halogens is 3. The molecule has 0 saturated heterocycles. The molecule has 0 aliphatic heterocycles. The van der Waals surface area contributed by atoms with E-state index in [2.05, 4.69) is 0 Å². The summed E-state index contributed by atoms with van der Waals surface area (Å²) in [7, 11) is 0. The first-order chi connectivity index (χ1) is 8.00. The fourth-order valence-corrected chi connectivity index (χ4v) is 2.78. The Labute approximate surface area is 106 Å². The number of aryl methyl sites for hydroxylation is 1. The minimum atomic E-state index is -1.03. The Hall–Kier alpha value is -0.970. The van der Waals surface area contributed by atoms with E-state index < -0.39 is 17.7 Å². The number of hydrogen-bond acceptors (Lipinski definition) is 2. The average Bonchev–Trinajstić information content (AvgIpc) is 2.63. The molecular formula is C12H9ClF2OS. The van der Waals surface area contributed by atoms with Crippen LogP contribution >= 0.6 is 22.9 Å². The van der Waals surface area contributed by atoms with E-state index in [9.17, 15) is 13.9 Å². The highest BCUT2D eigenvalue weighted by Crippen LogP contribution is 2.35. The first kappa shape index (κ1) is 12.5. The molecule has 1 aromatic carbocycles. The van der Waals surface area contributed by atoms with Gasteiger partial charge in [-0.3, -0.25) is 0 Å². The summed E-state index contributed by atoms with van der Waals surface area (Å²) in [4.78, 5) is 0.537. The van der Waals surface area contributed by atoms with E-state index in [0.29, 0.717) is 9.90 Å². The monoisotopic (exact) mass is 274 g/mol. The third-order valence-electron chi connectivity index (χ3n) is 2.43. The SMILES string of the molecule is Cc1csc(C(O)c2ccc(F)c(F)c2)c1Cl. The zero-order valence-electron chi connectivity index (χ0n) is 8.88. The van der Waals surface area contributed by atoms with Crippen LogP contribution in [0.25, 0.3) is 0 Å². The fraction of sp³-hybridized carbons (Fsp3) is 0.167. The van der Waals surface area contributed by atoms with Crippen LogP contribution in [-0.4, -0.2) is 5.11 Å². The second-order valence-corrected chi connectivity index (χ2v) is 4.96. The predicted molar refractivity (Wildman–Crippen MR) is 64.5 cm³/mol. The summed E-state index contributed by atoms with van der Waals surface area (Å²) in [5, 5.41) is 12.3. The topological polar surface area (TPSA) is 20.2 Å². The number of aliphatic hydroxyl groups is 1. The van der Waals surface area contributed by atoms with E-state index in [1.807, 2.05) is 6.92 Å². The number of benzene rings is 1. The highest BCUT2D eigenvalue weighted by molar-refractivity contribution is 7.10. The van der Waals surface area contributed by atoms with Gasteiger partial charge in [0.05, 0.1) is 9.90 Å². The summed E-state index contributed by atoms with van der Waals surface area (Å²) < 4.78 is 25.8. The molecule has 1 nitrogen and oxygen atoms in total. The van der Waals surface area contributed by atoms with Gasteiger partial charge in [0.2, 0.25) is 0 Å². The van der Waals surface area contributed by atoms with E-state index in [-0.39, 0.29) is 5.56 Å². The molecule has 0 saturated carbocycles. The van der Waals surface area contributed by atoms with Crippen molar-refractivity contribution in [3.8, 4) is 0 Å². The van der Waals surface area contributed by atoms with Crippen molar-refractivity contribution in [2.45, 2.75) is 13.0 Å². The number of aliphatic hydroxyl groups excluding tert-OH is 1. The molecule has 17 heavy (non-hydrogen) atoms. The summed E-state index contributed by atoms with van der Waals surface area (Å²) in [5.74, 6) is -1.92. The number of rotatable bonds is 2. The maximum Gasteiger partial charge on any atom is 0.159 e. The van der Waals surface area contributed by atoms with Crippen LogP contribution < -0.4 is 0 Å². The van der Waals surface area contributed by atoms with Crippen molar-refractivity contribution in [2.24, 2.45) is 0 Å². The van der Waals surface area contributed by atoms with Crippen molar-refractivity contribution in [1.82, 2.24) is 0 Å². The standard InChI is InChI=1S/C12H9ClF2OS/c1-6-5-17-12(10(6)13)11(16)7-2-3-8(14)9(15)4-7/h2-5,11,16H,1H3. The van der Waals surface area contributed by atoms with Crippen LogP contribution in [0.4, 0.5) is 8.78 Å². The minimum Gasteiger partial charge on any atom is -0.383 e. The van der Waals surface area contributed by atoms with Crippen molar-refractivity contribution in [2.75, 3.05) is 0 Å². The summed E-state index contributed by atoms with van der Waals surface area (Å²) in [5.41, 5.74) is 1.14. The zero-order valence-corrected chi connectivity index (χ0v) is 10.4. The maximum absolute atomic E-state index is 13.0. The highest BCUT2D eigenvalue weighted by atomic mass is 35.5. The van der Waals surface area contributed by atoms with E-state index in [1.54, 1.807) is 5.38 Å². The minimum absolute atomic E-state index is 0.285. The zero-order chi connectivity index (χ0) is 12.6. The van der Waals surface area contributed by atoms with Gasteiger partial charge in [-0.15, -0.1) is 11.3 Å². The van der Waals surface area contributed by atoms with Crippen LogP contribution in [-0.2, 0) is 0 Å². The summed E-state index contributed by atoms with van der Waals surface area (Å²) >= 11 is 7.30. The molecule has 1 heterocycles. The Morgan fingerprint density at radius 3 is 2.53 bits per heavy atom. The molecule has 1 atom stereocenters.